The monoisotopic (exact) mass is 196 g/mol. The third-order valence-corrected chi connectivity index (χ3v) is 2.65. The fourth-order valence-electron chi connectivity index (χ4n) is 1.39. The molecule has 2 unspecified atom stereocenters. The van der Waals surface area contributed by atoms with E-state index in [1.807, 2.05) is 31.0 Å². The Kier molecular flexibility index (Phi) is 3.66. The summed E-state index contributed by atoms with van der Waals surface area (Å²) in [5.41, 5.74) is 7.06. The van der Waals surface area contributed by atoms with E-state index in [0.717, 1.165) is 6.54 Å². The average molecular weight is 196 g/mol. The van der Waals surface area contributed by atoms with E-state index in [1.165, 1.54) is 5.56 Å². The van der Waals surface area contributed by atoms with Crippen molar-refractivity contribution in [1.29, 1.82) is 0 Å². The predicted octanol–water partition coefficient (Wildman–Crippen LogP) is 0.588. The number of nitrogens with zero attached hydrogens (tertiary/aromatic N) is 3. The van der Waals surface area contributed by atoms with Crippen LogP contribution in [0.15, 0.2) is 12.4 Å². The molecule has 0 bridgehead atoms. The molecule has 0 spiro atoms. The topological polar surface area (TPSA) is 47.1 Å². The van der Waals surface area contributed by atoms with E-state index in [9.17, 15) is 0 Å². The quantitative estimate of drug-likeness (QED) is 0.766. The molecule has 1 rings (SSSR count). The van der Waals surface area contributed by atoms with E-state index in [0.29, 0.717) is 6.04 Å². The SMILES string of the molecule is CC(N)C(C)N(C)Cc1cnn(C)c1. The summed E-state index contributed by atoms with van der Waals surface area (Å²) in [5, 5.41) is 4.13. The third-order valence-electron chi connectivity index (χ3n) is 2.65. The highest BCUT2D eigenvalue weighted by Crippen LogP contribution is 2.06. The van der Waals surface area contributed by atoms with Gasteiger partial charge < -0.3 is 5.73 Å². The van der Waals surface area contributed by atoms with Crippen LogP contribution in [0.2, 0.25) is 0 Å². The second-order valence-corrected chi connectivity index (χ2v) is 4.04. The molecular formula is C10H20N4. The zero-order valence-corrected chi connectivity index (χ0v) is 9.44. The first-order chi connectivity index (χ1) is 6.50. The lowest BCUT2D eigenvalue weighted by Crippen LogP contribution is -2.41. The Hall–Kier alpha value is -0.870. The molecule has 80 valence electrons. The average Bonchev–Trinajstić information content (AvgIpc) is 2.49. The minimum atomic E-state index is 0.191. The summed E-state index contributed by atoms with van der Waals surface area (Å²) in [4.78, 5) is 2.24. The molecular weight excluding hydrogens is 176 g/mol. The van der Waals surface area contributed by atoms with Crippen molar-refractivity contribution in [2.24, 2.45) is 12.8 Å². The van der Waals surface area contributed by atoms with Crippen molar-refractivity contribution in [1.82, 2.24) is 14.7 Å². The van der Waals surface area contributed by atoms with Gasteiger partial charge in [-0.15, -0.1) is 0 Å². The van der Waals surface area contributed by atoms with Gasteiger partial charge in [-0.1, -0.05) is 0 Å². The van der Waals surface area contributed by atoms with Gasteiger partial charge in [0.25, 0.3) is 0 Å². The van der Waals surface area contributed by atoms with Crippen LogP contribution in [0.3, 0.4) is 0 Å². The summed E-state index contributed by atoms with van der Waals surface area (Å²) in [7, 11) is 4.01. The van der Waals surface area contributed by atoms with Crippen LogP contribution < -0.4 is 5.73 Å². The highest BCUT2D eigenvalue weighted by molar-refractivity contribution is 5.03. The first-order valence-corrected chi connectivity index (χ1v) is 4.94. The van der Waals surface area contributed by atoms with Gasteiger partial charge in [0.15, 0.2) is 0 Å². The molecule has 0 fully saturated rings. The molecule has 14 heavy (non-hydrogen) atoms. The van der Waals surface area contributed by atoms with E-state index in [4.69, 9.17) is 5.73 Å². The van der Waals surface area contributed by atoms with Gasteiger partial charge in [0.1, 0.15) is 0 Å². The lowest BCUT2D eigenvalue weighted by molar-refractivity contribution is 0.225. The Morgan fingerprint density at radius 1 is 1.57 bits per heavy atom. The van der Waals surface area contributed by atoms with Gasteiger partial charge in [0.05, 0.1) is 6.20 Å². The second kappa shape index (κ2) is 4.57. The van der Waals surface area contributed by atoms with Crippen LogP contribution in [0, 0.1) is 0 Å². The second-order valence-electron chi connectivity index (χ2n) is 4.04. The molecule has 0 saturated heterocycles. The van der Waals surface area contributed by atoms with Crippen LogP contribution >= 0.6 is 0 Å². The summed E-state index contributed by atoms with van der Waals surface area (Å²) < 4.78 is 1.82. The van der Waals surface area contributed by atoms with Crippen LogP contribution in [0.1, 0.15) is 19.4 Å². The van der Waals surface area contributed by atoms with Gasteiger partial charge in [-0.05, 0) is 20.9 Å². The Morgan fingerprint density at radius 3 is 2.64 bits per heavy atom. The van der Waals surface area contributed by atoms with Crippen LogP contribution in [-0.2, 0) is 13.6 Å². The zero-order chi connectivity index (χ0) is 10.7. The minimum Gasteiger partial charge on any atom is -0.327 e. The standard InChI is InChI=1S/C10H20N4/c1-8(11)9(2)13(3)6-10-5-12-14(4)7-10/h5,7-9H,6,11H2,1-4H3. The summed E-state index contributed by atoms with van der Waals surface area (Å²) in [5.74, 6) is 0. The fourth-order valence-corrected chi connectivity index (χ4v) is 1.39. The summed E-state index contributed by atoms with van der Waals surface area (Å²) in [6, 6.07) is 0.576. The highest BCUT2D eigenvalue weighted by atomic mass is 15.2. The van der Waals surface area contributed by atoms with Crippen molar-refractivity contribution in [2.75, 3.05) is 7.05 Å². The van der Waals surface area contributed by atoms with E-state index < -0.39 is 0 Å². The maximum atomic E-state index is 5.83. The van der Waals surface area contributed by atoms with Crippen molar-refractivity contribution in [2.45, 2.75) is 32.5 Å². The Morgan fingerprint density at radius 2 is 2.21 bits per heavy atom. The van der Waals surface area contributed by atoms with Gasteiger partial charge in [-0.25, -0.2) is 0 Å². The van der Waals surface area contributed by atoms with Gasteiger partial charge in [0.2, 0.25) is 0 Å². The molecule has 1 aromatic rings. The van der Waals surface area contributed by atoms with Crippen molar-refractivity contribution < 1.29 is 0 Å². The lowest BCUT2D eigenvalue weighted by atomic mass is 10.1. The van der Waals surface area contributed by atoms with E-state index in [-0.39, 0.29) is 6.04 Å². The molecule has 0 aliphatic rings. The van der Waals surface area contributed by atoms with E-state index in [2.05, 4.69) is 24.0 Å². The van der Waals surface area contributed by atoms with Crippen LogP contribution in [0.5, 0.6) is 0 Å². The zero-order valence-electron chi connectivity index (χ0n) is 9.44. The normalized spacial score (nSPS) is 15.9. The maximum Gasteiger partial charge on any atom is 0.0534 e. The predicted molar refractivity (Wildman–Crippen MR) is 57.8 cm³/mol. The molecule has 0 aliphatic heterocycles. The number of aryl methyl sites for hydroxylation is 1. The van der Waals surface area contributed by atoms with Gasteiger partial charge in [-0.2, -0.15) is 5.10 Å². The molecule has 0 amide bonds. The number of aromatic nitrogens is 2. The van der Waals surface area contributed by atoms with Crippen molar-refractivity contribution in [3.8, 4) is 0 Å². The molecule has 4 nitrogen and oxygen atoms in total. The van der Waals surface area contributed by atoms with Crippen molar-refractivity contribution in [3.63, 3.8) is 0 Å². The van der Waals surface area contributed by atoms with Gasteiger partial charge in [0, 0.05) is 37.4 Å². The van der Waals surface area contributed by atoms with Crippen molar-refractivity contribution >= 4 is 0 Å². The molecule has 1 heterocycles. The number of hydrogen-bond acceptors (Lipinski definition) is 3. The number of rotatable bonds is 4. The first-order valence-electron chi connectivity index (χ1n) is 4.94. The Bertz CT molecular complexity index is 279. The maximum absolute atomic E-state index is 5.83. The van der Waals surface area contributed by atoms with Crippen LogP contribution in [0.4, 0.5) is 0 Å². The van der Waals surface area contributed by atoms with Crippen LogP contribution in [0.25, 0.3) is 0 Å². The summed E-state index contributed by atoms with van der Waals surface area (Å²) in [6.07, 6.45) is 3.93. The van der Waals surface area contributed by atoms with E-state index in [1.54, 1.807) is 0 Å². The third kappa shape index (κ3) is 2.82. The van der Waals surface area contributed by atoms with Gasteiger partial charge >= 0.3 is 0 Å². The molecule has 0 aromatic carbocycles. The smallest absolute Gasteiger partial charge is 0.0534 e. The summed E-state index contributed by atoms with van der Waals surface area (Å²) in [6.45, 7) is 5.07. The van der Waals surface area contributed by atoms with Crippen LogP contribution in [-0.4, -0.2) is 33.8 Å². The number of nitrogens with two attached hydrogens (primary N) is 1. The first kappa shape index (κ1) is 11.2. The minimum absolute atomic E-state index is 0.191. The van der Waals surface area contributed by atoms with Gasteiger partial charge in [-0.3, -0.25) is 9.58 Å². The molecule has 2 atom stereocenters. The lowest BCUT2D eigenvalue weighted by Gasteiger charge is -2.27. The molecule has 0 aliphatic carbocycles. The van der Waals surface area contributed by atoms with E-state index >= 15 is 0 Å². The molecule has 2 N–H and O–H groups in total. The Balaban J connectivity index is 2.52. The highest BCUT2D eigenvalue weighted by Gasteiger charge is 2.13. The molecule has 0 radical (unpaired) electrons. The largest absolute Gasteiger partial charge is 0.327 e. The molecule has 0 saturated carbocycles. The number of hydrogen-bond donors (Lipinski definition) is 1. The molecule has 1 aromatic heterocycles. The molecule has 4 heteroatoms. The summed E-state index contributed by atoms with van der Waals surface area (Å²) >= 11 is 0. The fraction of sp³-hybridized carbons (Fsp3) is 0.700. The Labute approximate surface area is 85.7 Å². The number of likely N-dealkylation sites (N-methyl/N-ethyl adjacent to an activating group) is 1. The van der Waals surface area contributed by atoms with Crippen molar-refractivity contribution in [3.05, 3.63) is 18.0 Å².